The maximum Gasteiger partial charge on any atom is 0.409 e. The van der Waals surface area contributed by atoms with Gasteiger partial charge in [0.25, 0.3) is 11.8 Å². The number of imide groups is 1. The van der Waals surface area contributed by atoms with E-state index >= 15 is 0 Å². The maximum atomic E-state index is 14.7. The number of carbonyl (C=O) groups excluding carboxylic acids is 10. The smallest absolute Gasteiger partial charge is 0.409 e. The monoisotopic (exact) mass is 1250 g/mol. The van der Waals surface area contributed by atoms with Gasteiger partial charge in [-0.3, -0.25) is 53.0 Å². The number of rotatable bonds is 17. The number of hydrogen-bond acceptors (Lipinski definition) is 13. The Bertz CT molecular complexity index is 3570. The molecule has 0 radical (unpaired) electrons. The Morgan fingerprint density at radius 1 is 0.897 bits per heavy atom. The molecule has 6 heterocycles. The zero-order valence-corrected chi connectivity index (χ0v) is 48.6. The molecule has 6 atom stereocenters. The summed E-state index contributed by atoms with van der Waals surface area (Å²) in [6.45, 7) is 0.185. The summed E-state index contributed by atoms with van der Waals surface area (Å²) in [5.41, 5.74) is 1.87. The van der Waals surface area contributed by atoms with Crippen LogP contribution in [0.5, 0.6) is 0 Å². The van der Waals surface area contributed by atoms with Gasteiger partial charge in [-0.2, -0.15) is 8.78 Å². The van der Waals surface area contributed by atoms with Gasteiger partial charge in [-0.05, 0) is 116 Å². The van der Waals surface area contributed by atoms with E-state index in [1.54, 1.807) is 18.2 Å². The molecule has 8 N–H and O–H groups in total. The number of methoxy groups -OCH3 is 1. The zero-order valence-electron chi connectivity index (χ0n) is 46.9. The third-order valence-electron chi connectivity index (χ3n) is 16.4. The second kappa shape index (κ2) is 26.4. The summed E-state index contributed by atoms with van der Waals surface area (Å²) in [4.78, 5) is 159. The second-order valence-corrected chi connectivity index (χ2v) is 24.8. The Morgan fingerprint density at radius 3 is 2.34 bits per heavy atom. The number of benzene rings is 3. The number of alkyl halides is 2. The third kappa shape index (κ3) is 14.1. The van der Waals surface area contributed by atoms with Crippen molar-refractivity contribution in [3.63, 3.8) is 0 Å². The Morgan fingerprint density at radius 2 is 1.64 bits per heavy atom. The molecule has 0 saturated carbocycles. The number of hydrogen-bond donors (Lipinski definition) is 7. The first-order valence-corrected chi connectivity index (χ1v) is 30.5. The summed E-state index contributed by atoms with van der Waals surface area (Å²) in [5.74, 6) is -2.08. The SMILES string of the molecule is COC(=O)N1CC[C@H]2CC[C@@H](C(=O)NC(CCC(N)=O)C(=O)NC(Cc3ccc(F)c(F)c3)C(=O)N3CCC(CCC#Cc4cccc5c4CN(C4CCC(=O)NC4=O)C5=O)CC3)N2C(=O)[C@@H](NC(=O)c2cc3cc(C(F)(F)P(=O)(O)O)ccc3s2)C1. The minimum absolute atomic E-state index is 0.0110. The maximum absolute atomic E-state index is 14.7. The number of nitrogens with one attached hydrogen (secondary N) is 4. The van der Waals surface area contributed by atoms with Gasteiger partial charge in [0, 0.05) is 79.3 Å². The number of primary amides is 1. The van der Waals surface area contributed by atoms with Gasteiger partial charge in [-0.25, -0.2) is 13.6 Å². The number of nitrogens with zero attached hydrogens (tertiary/aromatic N) is 4. The summed E-state index contributed by atoms with van der Waals surface area (Å²) in [5, 5.41) is 10.2. The van der Waals surface area contributed by atoms with E-state index < -0.39 is 127 Å². The lowest BCUT2D eigenvalue weighted by Gasteiger charge is -2.38. The topological polar surface area (TPSA) is 325 Å². The lowest BCUT2D eigenvalue weighted by molar-refractivity contribution is -0.144. The molecule has 10 amide bonds. The van der Waals surface area contributed by atoms with E-state index in [0.29, 0.717) is 42.4 Å². The van der Waals surface area contributed by atoms with Crippen molar-refractivity contribution in [2.75, 3.05) is 33.3 Å². The lowest BCUT2D eigenvalue weighted by atomic mass is 9.91. The molecule has 3 aromatic carbocycles. The average Bonchev–Trinajstić information content (AvgIpc) is 1.86. The van der Waals surface area contributed by atoms with E-state index in [2.05, 4.69) is 33.1 Å². The molecule has 462 valence electrons. The Hall–Kier alpha value is -8.25. The van der Waals surface area contributed by atoms with Crippen molar-refractivity contribution in [3.05, 3.63) is 105 Å². The van der Waals surface area contributed by atoms with Gasteiger partial charge >= 0.3 is 19.4 Å². The van der Waals surface area contributed by atoms with Gasteiger partial charge in [0.15, 0.2) is 11.6 Å². The quantitative estimate of drug-likeness (QED) is 0.0344. The zero-order chi connectivity index (χ0) is 62.6. The number of halogens is 4. The molecule has 4 saturated heterocycles. The predicted molar refractivity (Wildman–Crippen MR) is 302 cm³/mol. The number of fused-ring (bicyclic) bond motifs is 3. The van der Waals surface area contributed by atoms with Crippen LogP contribution in [0.2, 0.25) is 0 Å². The molecule has 87 heavy (non-hydrogen) atoms. The minimum atomic E-state index is -5.94. The van der Waals surface area contributed by atoms with Crippen molar-refractivity contribution in [1.29, 1.82) is 0 Å². The number of likely N-dealkylation sites (tertiary alicyclic amines) is 1. The summed E-state index contributed by atoms with van der Waals surface area (Å²) < 4.78 is 74.8. The van der Waals surface area contributed by atoms with Crippen LogP contribution in [-0.2, 0) is 61.5 Å². The Labute approximate surface area is 499 Å². The lowest BCUT2D eigenvalue weighted by Crippen LogP contribution is -2.62. The van der Waals surface area contributed by atoms with Gasteiger partial charge in [0.1, 0.15) is 30.2 Å². The molecule has 3 unspecified atom stereocenters. The Kier molecular flexibility index (Phi) is 19.2. The van der Waals surface area contributed by atoms with Gasteiger partial charge in [0.2, 0.25) is 41.4 Å². The first-order valence-electron chi connectivity index (χ1n) is 28.1. The fourth-order valence-electron chi connectivity index (χ4n) is 11.8. The number of piperidine rings is 2. The first kappa shape index (κ1) is 63.3. The van der Waals surface area contributed by atoms with Crippen molar-refractivity contribution in [2.45, 2.75) is 126 Å². The Balaban J connectivity index is 0.867. The fraction of sp³-hybridized carbons (Fsp3) is 0.448. The molecule has 9 rings (SSSR count). The van der Waals surface area contributed by atoms with Gasteiger partial charge in [-0.15, -0.1) is 11.3 Å². The van der Waals surface area contributed by atoms with Crippen LogP contribution in [0.15, 0.2) is 60.7 Å². The highest BCUT2D eigenvalue weighted by Gasteiger charge is 2.51. The largest absolute Gasteiger partial charge is 0.453 e. The number of nitrogens with two attached hydrogens (primary N) is 1. The predicted octanol–water partition coefficient (Wildman–Crippen LogP) is 3.65. The number of carbonyl (C=O) groups is 10. The molecule has 0 aliphatic carbocycles. The summed E-state index contributed by atoms with van der Waals surface area (Å²) in [7, 11) is -4.82. The van der Waals surface area contributed by atoms with Gasteiger partial charge in [-0.1, -0.05) is 30.0 Å². The number of amides is 10. The number of thiophene rings is 1. The van der Waals surface area contributed by atoms with Crippen LogP contribution in [0.3, 0.4) is 0 Å². The highest BCUT2D eigenvalue weighted by molar-refractivity contribution is 7.52. The number of ether oxygens (including phenoxy) is 1. The van der Waals surface area contributed by atoms with Crippen LogP contribution in [0.4, 0.5) is 22.4 Å². The van der Waals surface area contributed by atoms with Crippen molar-refractivity contribution in [3.8, 4) is 11.8 Å². The molecule has 29 heteroatoms. The van der Waals surface area contributed by atoms with E-state index in [4.69, 9.17) is 10.5 Å². The van der Waals surface area contributed by atoms with E-state index in [0.717, 1.165) is 48.8 Å². The molecule has 23 nitrogen and oxygen atoms in total. The normalized spacial score (nSPS) is 20.7. The highest BCUT2D eigenvalue weighted by atomic mass is 32.1. The third-order valence-corrected chi connectivity index (χ3v) is 18.5. The standard InChI is InChI=1S/C58H62F4N9O14PS/c1-85-57(81)69-24-21-36-11-14-45(71(36)56(80)43(30-69)66-53(77)47-28-34-27-35(10-16-46(34)87-47)58(61,62)86(82,83)84)52(76)64-41(13-17-48(63)72)50(74)65-42(26-32-9-12-39(59)40(60)25-32)55(79)68-22-19-31(20-23-68)5-2-3-6-33-7-4-8-37-38(33)29-70(54(37)78)44-15-18-49(73)67-51(44)75/h4,7-10,12,16,25,27-28,31,36,41-45H,2,5,11,13-15,17-24,26,29-30H2,1H3,(H2,63,72)(H,64,76)(H,65,74)(H,66,77)(H,67,73,75)(H2,82,83,84)/t36-,41?,42?,43+,44?,45+/m1/s1. The second-order valence-electron chi connectivity index (χ2n) is 22.1. The molecular formula is C58H62F4N9O14PS. The van der Waals surface area contributed by atoms with E-state index in [1.807, 2.05) is 0 Å². The summed E-state index contributed by atoms with van der Waals surface area (Å²) in [6, 6.07) is 4.81. The van der Waals surface area contributed by atoms with E-state index in [1.165, 1.54) is 31.7 Å². The molecule has 1 aromatic heterocycles. The minimum Gasteiger partial charge on any atom is -0.453 e. The van der Waals surface area contributed by atoms with Crippen LogP contribution < -0.4 is 27.0 Å². The van der Waals surface area contributed by atoms with Crippen LogP contribution in [0.25, 0.3) is 10.1 Å². The average molecular weight is 1250 g/mol. The van der Waals surface area contributed by atoms with E-state index in [9.17, 15) is 79.9 Å². The first-order chi connectivity index (χ1) is 41.3. The molecule has 5 aliphatic rings. The molecule has 4 fully saturated rings. The molecule has 4 aromatic rings. The van der Waals surface area contributed by atoms with Crippen molar-refractivity contribution < 1.29 is 84.6 Å². The summed E-state index contributed by atoms with van der Waals surface area (Å²) in [6.07, 6.45) is 0.919. The molecule has 0 bridgehead atoms. The van der Waals surface area contributed by atoms with Crippen molar-refractivity contribution in [1.82, 2.24) is 40.9 Å². The van der Waals surface area contributed by atoms with E-state index in [-0.39, 0.29) is 109 Å². The summed E-state index contributed by atoms with van der Waals surface area (Å²) >= 11 is 0.811. The van der Waals surface area contributed by atoms with Crippen LogP contribution in [0.1, 0.15) is 113 Å². The van der Waals surface area contributed by atoms with Crippen molar-refractivity contribution >= 4 is 88.3 Å². The molecule has 0 spiro atoms. The molecular weight excluding hydrogens is 1190 g/mol. The van der Waals surface area contributed by atoms with Gasteiger partial charge in [0.05, 0.1) is 18.5 Å². The van der Waals surface area contributed by atoms with Crippen LogP contribution in [-0.4, -0.2) is 158 Å². The van der Waals surface area contributed by atoms with Crippen molar-refractivity contribution in [2.24, 2.45) is 11.7 Å². The fourth-order valence-corrected chi connectivity index (χ4v) is 13.2. The van der Waals surface area contributed by atoms with Gasteiger partial charge < -0.3 is 55.8 Å². The van der Waals surface area contributed by atoms with Crippen LogP contribution in [0, 0.1) is 29.4 Å². The highest BCUT2D eigenvalue weighted by Crippen LogP contribution is 2.59. The molecule has 5 aliphatic heterocycles. The van der Waals surface area contributed by atoms with Crippen LogP contribution >= 0.6 is 18.9 Å².